The number of anilines is 1. The Balaban J connectivity index is 1.99. The van der Waals surface area contributed by atoms with Crippen LogP contribution in [0.3, 0.4) is 0 Å². The fraction of sp³-hybridized carbons (Fsp3) is 0.400. The maximum atomic E-state index is 10.7. The standard InChI is InChI=1S/C15H22N6O2S/c1-15(2,3)8-19-12(16)21-14-20-10(7-24-14)11-5-4-9(23-11)6-18-13(17)22/h4-5,7H,6,8H2,1-3H3,(H3,17,18,22)(H3,16,19,20,21). The number of primary amides is 1. The summed E-state index contributed by atoms with van der Waals surface area (Å²) in [5.41, 5.74) is 11.6. The Morgan fingerprint density at radius 3 is 2.79 bits per heavy atom. The molecule has 0 saturated heterocycles. The zero-order valence-electron chi connectivity index (χ0n) is 13.9. The number of nitrogens with one attached hydrogen (secondary N) is 2. The van der Waals surface area contributed by atoms with Crippen LogP contribution in [0.15, 0.2) is 26.9 Å². The summed E-state index contributed by atoms with van der Waals surface area (Å²) in [6, 6.07) is 2.95. The van der Waals surface area contributed by atoms with Gasteiger partial charge in [-0.15, -0.1) is 11.3 Å². The predicted octanol–water partition coefficient (Wildman–Crippen LogP) is 2.34. The molecule has 0 aliphatic heterocycles. The van der Waals surface area contributed by atoms with Gasteiger partial charge in [0.2, 0.25) is 0 Å². The Kier molecular flexibility index (Phi) is 5.45. The Hall–Kier alpha value is -2.55. The minimum absolute atomic E-state index is 0.0733. The molecule has 8 nitrogen and oxygen atoms in total. The molecule has 0 radical (unpaired) electrons. The van der Waals surface area contributed by atoms with Gasteiger partial charge in [0.05, 0.1) is 6.54 Å². The first-order chi connectivity index (χ1) is 11.2. The normalized spacial score (nSPS) is 12.2. The molecule has 2 aromatic heterocycles. The molecule has 2 heterocycles. The van der Waals surface area contributed by atoms with E-state index in [2.05, 4.69) is 41.4 Å². The molecule has 0 aliphatic rings. The first-order valence-electron chi connectivity index (χ1n) is 7.38. The zero-order chi connectivity index (χ0) is 17.7. The lowest BCUT2D eigenvalue weighted by Gasteiger charge is -2.14. The number of aromatic nitrogens is 1. The minimum atomic E-state index is -0.599. The molecule has 9 heteroatoms. The number of aliphatic imine (C=N–C) groups is 1. The molecule has 0 saturated carbocycles. The first kappa shape index (κ1) is 17.8. The van der Waals surface area contributed by atoms with E-state index in [1.165, 1.54) is 11.3 Å². The van der Waals surface area contributed by atoms with E-state index in [-0.39, 0.29) is 12.0 Å². The van der Waals surface area contributed by atoms with Gasteiger partial charge >= 0.3 is 6.03 Å². The number of thiazole rings is 1. The van der Waals surface area contributed by atoms with Crippen molar-refractivity contribution in [3.63, 3.8) is 0 Å². The van der Waals surface area contributed by atoms with Crippen LogP contribution in [-0.2, 0) is 6.54 Å². The number of urea groups is 1. The average molecular weight is 350 g/mol. The Bertz CT molecular complexity index is 728. The number of hydrogen-bond donors (Lipinski definition) is 4. The van der Waals surface area contributed by atoms with Crippen molar-refractivity contribution < 1.29 is 9.21 Å². The highest BCUT2D eigenvalue weighted by Crippen LogP contribution is 2.26. The smallest absolute Gasteiger partial charge is 0.312 e. The molecule has 0 unspecified atom stereocenters. The predicted molar refractivity (Wildman–Crippen MR) is 95.8 cm³/mol. The molecule has 0 bridgehead atoms. The molecular weight excluding hydrogens is 328 g/mol. The molecule has 130 valence electrons. The molecule has 0 fully saturated rings. The number of guanidine groups is 1. The summed E-state index contributed by atoms with van der Waals surface area (Å²) < 4.78 is 5.62. The molecule has 2 amide bonds. The highest BCUT2D eigenvalue weighted by atomic mass is 32.1. The second-order valence-electron chi connectivity index (χ2n) is 6.41. The summed E-state index contributed by atoms with van der Waals surface area (Å²) in [7, 11) is 0. The van der Waals surface area contributed by atoms with E-state index in [0.717, 1.165) is 0 Å². The fourth-order valence-electron chi connectivity index (χ4n) is 1.70. The minimum Gasteiger partial charge on any atom is -0.458 e. The van der Waals surface area contributed by atoms with Crippen LogP contribution >= 0.6 is 11.3 Å². The van der Waals surface area contributed by atoms with E-state index in [1.54, 1.807) is 12.1 Å². The van der Waals surface area contributed by atoms with Crippen molar-refractivity contribution in [1.29, 1.82) is 0 Å². The number of carbonyl (C=O) groups excluding carboxylic acids is 1. The van der Waals surface area contributed by atoms with E-state index in [0.29, 0.717) is 34.9 Å². The van der Waals surface area contributed by atoms with E-state index in [1.807, 2.05) is 5.38 Å². The SMILES string of the molecule is CC(C)(C)CN=C(N)Nc1nc(-c2ccc(CNC(N)=O)o2)cs1. The summed E-state index contributed by atoms with van der Waals surface area (Å²) in [6.45, 7) is 7.13. The van der Waals surface area contributed by atoms with Crippen molar-refractivity contribution in [2.75, 3.05) is 11.9 Å². The highest BCUT2D eigenvalue weighted by Gasteiger charge is 2.11. The van der Waals surface area contributed by atoms with Crippen LogP contribution in [-0.4, -0.2) is 23.5 Å². The van der Waals surface area contributed by atoms with Gasteiger partial charge in [-0.1, -0.05) is 20.8 Å². The van der Waals surface area contributed by atoms with Crippen LogP contribution in [0, 0.1) is 5.41 Å². The van der Waals surface area contributed by atoms with Crippen LogP contribution in [0.1, 0.15) is 26.5 Å². The van der Waals surface area contributed by atoms with Gasteiger partial charge in [0.1, 0.15) is 11.5 Å². The number of carbonyl (C=O) groups is 1. The summed E-state index contributed by atoms with van der Waals surface area (Å²) in [5, 5.41) is 7.92. The second-order valence-corrected chi connectivity index (χ2v) is 7.27. The van der Waals surface area contributed by atoms with Crippen molar-refractivity contribution in [2.24, 2.45) is 21.9 Å². The topological polar surface area (TPSA) is 132 Å². The first-order valence-corrected chi connectivity index (χ1v) is 8.26. The van der Waals surface area contributed by atoms with E-state index >= 15 is 0 Å². The molecule has 2 aromatic rings. The lowest BCUT2D eigenvalue weighted by atomic mass is 9.97. The monoisotopic (exact) mass is 350 g/mol. The number of nitrogens with zero attached hydrogens (tertiary/aromatic N) is 2. The number of rotatable bonds is 5. The molecule has 2 rings (SSSR count). The molecule has 0 atom stereocenters. The van der Waals surface area contributed by atoms with Gasteiger partial charge in [0, 0.05) is 11.9 Å². The Morgan fingerprint density at radius 2 is 2.12 bits per heavy atom. The van der Waals surface area contributed by atoms with Crippen molar-refractivity contribution in [3.05, 3.63) is 23.3 Å². The van der Waals surface area contributed by atoms with Crippen molar-refractivity contribution in [3.8, 4) is 11.5 Å². The molecule has 0 spiro atoms. The van der Waals surface area contributed by atoms with Crippen molar-refractivity contribution in [2.45, 2.75) is 27.3 Å². The summed E-state index contributed by atoms with van der Waals surface area (Å²) >= 11 is 1.40. The van der Waals surface area contributed by atoms with Crippen LogP contribution in [0.25, 0.3) is 11.5 Å². The molecule has 0 aliphatic carbocycles. The summed E-state index contributed by atoms with van der Waals surface area (Å²) in [4.78, 5) is 19.4. The van der Waals surface area contributed by atoms with Gasteiger partial charge in [-0.3, -0.25) is 4.99 Å². The maximum absolute atomic E-state index is 10.7. The third-order valence-electron chi connectivity index (χ3n) is 2.81. The maximum Gasteiger partial charge on any atom is 0.312 e. The van der Waals surface area contributed by atoms with E-state index in [9.17, 15) is 4.79 Å². The molecule has 6 N–H and O–H groups in total. The summed E-state index contributed by atoms with van der Waals surface area (Å²) in [5.74, 6) is 1.53. The number of amides is 2. The van der Waals surface area contributed by atoms with Gasteiger partial charge in [0.25, 0.3) is 0 Å². The second kappa shape index (κ2) is 7.35. The average Bonchev–Trinajstić information content (AvgIpc) is 3.11. The largest absolute Gasteiger partial charge is 0.458 e. The van der Waals surface area contributed by atoms with Gasteiger partial charge in [-0.2, -0.15) is 0 Å². The number of furan rings is 1. The zero-order valence-corrected chi connectivity index (χ0v) is 14.7. The molecule has 0 aromatic carbocycles. The lowest BCUT2D eigenvalue weighted by molar-refractivity contribution is 0.247. The number of hydrogen-bond acceptors (Lipinski definition) is 5. The quantitative estimate of drug-likeness (QED) is 0.485. The van der Waals surface area contributed by atoms with Crippen LogP contribution < -0.4 is 22.1 Å². The van der Waals surface area contributed by atoms with Gasteiger partial charge in [-0.25, -0.2) is 9.78 Å². The van der Waals surface area contributed by atoms with Gasteiger partial charge in [0.15, 0.2) is 16.9 Å². The fourth-order valence-corrected chi connectivity index (χ4v) is 2.41. The van der Waals surface area contributed by atoms with Crippen LogP contribution in [0.2, 0.25) is 0 Å². The highest BCUT2D eigenvalue weighted by molar-refractivity contribution is 7.14. The van der Waals surface area contributed by atoms with Crippen molar-refractivity contribution in [1.82, 2.24) is 10.3 Å². The van der Waals surface area contributed by atoms with Crippen LogP contribution in [0.5, 0.6) is 0 Å². The van der Waals surface area contributed by atoms with Gasteiger partial charge < -0.3 is 26.5 Å². The van der Waals surface area contributed by atoms with Crippen molar-refractivity contribution >= 4 is 28.5 Å². The Labute approximate surface area is 144 Å². The van der Waals surface area contributed by atoms with Gasteiger partial charge in [-0.05, 0) is 17.5 Å². The third-order valence-corrected chi connectivity index (χ3v) is 3.57. The number of nitrogens with two attached hydrogens (primary N) is 2. The molecule has 24 heavy (non-hydrogen) atoms. The Morgan fingerprint density at radius 1 is 1.38 bits per heavy atom. The van der Waals surface area contributed by atoms with E-state index in [4.69, 9.17) is 15.9 Å². The van der Waals surface area contributed by atoms with E-state index < -0.39 is 6.03 Å². The third kappa shape index (κ3) is 5.58. The molecular formula is C15H22N6O2S. The van der Waals surface area contributed by atoms with Crippen LogP contribution in [0.4, 0.5) is 9.93 Å². The summed E-state index contributed by atoms with van der Waals surface area (Å²) in [6.07, 6.45) is 0. The lowest BCUT2D eigenvalue weighted by Crippen LogP contribution is -2.28.